The van der Waals surface area contributed by atoms with Crippen LogP contribution in [0.15, 0.2) is 54.9 Å². The van der Waals surface area contributed by atoms with Crippen molar-refractivity contribution < 1.29 is 49.7 Å². The lowest BCUT2D eigenvalue weighted by Gasteiger charge is -2.30. The Hall–Kier alpha value is -3.33. The van der Waals surface area contributed by atoms with E-state index in [9.17, 15) is 30.0 Å². The first-order valence-electron chi connectivity index (χ1n) is 17.6. The number of unbranched alkanes of at least 4 members (excludes halogenated alkanes) is 1. The maximum absolute atomic E-state index is 12.8. The van der Waals surface area contributed by atoms with Gasteiger partial charge in [0.15, 0.2) is 0 Å². The number of aliphatic carboxylic acids is 1. The molecule has 5 rings (SSSR count). The molecule has 14 heteroatoms. The van der Waals surface area contributed by atoms with E-state index in [-0.39, 0.29) is 25.7 Å². The Bertz CT molecular complexity index is 1690. The number of nitrogens with zero attached hydrogens (tertiary/aromatic N) is 2. The van der Waals surface area contributed by atoms with Crippen LogP contribution >= 0.6 is 23.2 Å². The molecule has 4 atom stereocenters. The lowest BCUT2D eigenvalue weighted by Crippen LogP contribution is -2.50. The number of hydrogen-bond acceptors (Lipinski definition) is 10. The first-order valence-corrected chi connectivity index (χ1v) is 18.3. The maximum Gasteiger partial charge on any atom is 0.303 e. The molecule has 1 heterocycles. The van der Waals surface area contributed by atoms with Crippen molar-refractivity contribution in [1.29, 1.82) is 0 Å². The van der Waals surface area contributed by atoms with Crippen molar-refractivity contribution in [3.8, 4) is 16.9 Å². The van der Waals surface area contributed by atoms with Gasteiger partial charge in [-0.3, -0.25) is 14.6 Å². The molecule has 2 aliphatic carbocycles. The summed E-state index contributed by atoms with van der Waals surface area (Å²) in [4.78, 5) is 29.5. The number of pyridine rings is 1. The summed E-state index contributed by atoms with van der Waals surface area (Å²) in [7, 11) is 0. The Kier molecular flexibility index (Phi) is 13.9. The summed E-state index contributed by atoms with van der Waals surface area (Å²) in [6, 6.07) is 13.6. The Balaban J connectivity index is 1.19. The minimum absolute atomic E-state index is 0.119. The van der Waals surface area contributed by atoms with Gasteiger partial charge in [0.25, 0.3) is 0 Å². The molecule has 1 aromatic heterocycles. The van der Waals surface area contributed by atoms with Gasteiger partial charge in [-0.2, -0.15) is 0 Å². The highest BCUT2D eigenvalue weighted by molar-refractivity contribution is 6.34. The van der Waals surface area contributed by atoms with Gasteiger partial charge in [-0.1, -0.05) is 41.4 Å². The molecule has 12 nitrogen and oxygen atoms in total. The van der Waals surface area contributed by atoms with Crippen molar-refractivity contribution in [2.75, 3.05) is 19.7 Å². The molecule has 0 unspecified atom stereocenters. The number of amides is 1. The van der Waals surface area contributed by atoms with Crippen LogP contribution in [-0.2, 0) is 33.0 Å². The van der Waals surface area contributed by atoms with E-state index in [0.717, 1.165) is 59.3 Å². The normalized spacial score (nSPS) is 17.2. The van der Waals surface area contributed by atoms with Gasteiger partial charge in [-0.15, -0.1) is 0 Å². The van der Waals surface area contributed by atoms with E-state index in [0.29, 0.717) is 29.3 Å². The molecular formula is C38H46Cl2N2O10. The number of hydrogen-bond donors (Lipinski definition) is 6. The average molecular weight is 762 g/mol. The molecule has 6 N–H and O–H groups in total. The fraction of sp³-hybridized carbons (Fsp3) is 0.500. The Labute approximate surface area is 312 Å². The predicted octanol–water partition coefficient (Wildman–Crippen LogP) is 4.25. The topological polar surface area (TPSA) is 190 Å². The molecule has 0 radical (unpaired) electrons. The molecule has 1 amide bonds. The monoisotopic (exact) mass is 760 g/mol. The molecule has 0 spiro atoms. The van der Waals surface area contributed by atoms with E-state index < -0.39 is 61.5 Å². The number of carboxylic acid groups (broad SMARTS) is 1. The predicted molar refractivity (Wildman–Crippen MR) is 193 cm³/mol. The van der Waals surface area contributed by atoms with Crippen LogP contribution < -0.4 is 4.74 Å². The minimum atomic E-state index is -1.86. The summed E-state index contributed by atoms with van der Waals surface area (Å²) in [6.45, 7) is -0.905. The lowest BCUT2D eigenvalue weighted by molar-refractivity contribution is -0.144. The van der Waals surface area contributed by atoms with Crippen LogP contribution in [0.3, 0.4) is 0 Å². The van der Waals surface area contributed by atoms with Crippen LogP contribution in [0.2, 0.25) is 10.0 Å². The smallest absolute Gasteiger partial charge is 0.303 e. The van der Waals surface area contributed by atoms with Crippen LogP contribution in [0.1, 0.15) is 68.1 Å². The molecule has 2 saturated carbocycles. The second-order valence-corrected chi connectivity index (χ2v) is 14.4. The molecule has 0 bridgehead atoms. The zero-order valence-electron chi connectivity index (χ0n) is 28.7. The Morgan fingerprint density at radius 3 is 2.31 bits per heavy atom. The third kappa shape index (κ3) is 10.4. The molecule has 0 aliphatic heterocycles. The van der Waals surface area contributed by atoms with E-state index in [2.05, 4.69) is 11.1 Å². The summed E-state index contributed by atoms with van der Waals surface area (Å²) < 4.78 is 12.8. The molecule has 2 aliphatic rings. The van der Waals surface area contributed by atoms with E-state index >= 15 is 0 Å². The third-order valence-corrected chi connectivity index (χ3v) is 10.2. The van der Waals surface area contributed by atoms with Gasteiger partial charge >= 0.3 is 5.97 Å². The fourth-order valence-corrected chi connectivity index (χ4v) is 6.63. The van der Waals surface area contributed by atoms with Gasteiger partial charge in [0, 0.05) is 53.1 Å². The van der Waals surface area contributed by atoms with Crippen LogP contribution in [-0.4, -0.2) is 103 Å². The Morgan fingerprint density at radius 1 is 0.923 bits per heavy atom. The van der Waals surface area contributed by atoms with Gasteiger partial charge in [0.05, 0.1) is 31.3 Å². The van der Waals surface area contributed by atoms with Gasteiger partial charge in [-0.25, -0.2) is 0 Å². The highest BCUT2D eigenvalue weighted by Gasteiger charge is 2.48. The number of aliphatic hydroxyl groups excluding tert-OH is 5. The van der Waals surface area contributed by atoms with Crippen molar-refractivity contribution in [3.05, 3.63) is 81.6 Å². The fourth-order valence-electron chi connectivity index (χ4n) is 6.11. The van der Waals surface area contributed by atoms with Crippen molar-refractivity contribution in [2.45, 2.75) is 101 Å². The zero-order valence-corrected chi connectivity index (χ0v) is 30.3. The highest BCUT2D eigenvalue weighted by atomic mass is 35.5. The van der Waals surface area contributed by atoms with Crippen molar-refractivity contribution >= 4 is 35.1 Å². The quantitative estimate of drug-likeness (QED) is 0.0852. The number of aliphatic hydroxyl groups is 5. The van der Waals surface area contributed by atoms with Crippen LogP contribution in [0.5, 0.6) is 5.75 Å². The number of carboxylic acids is 1. The second kappa shape index (κ2) is 18.1. The van der Waals surface area contributed by atoms with E-state index in [4.69, 9.17) is 42.9 Å². The number of rotatable bonds is 21. The molecule has 2 aromatic carbocycles. The maximum atomic E-state index is 12.8. The standard InChI is InChI=1S/C38H46Cl2N2O10/c39-29-18-24(22-51-38(13-14-38)28-19-41-15-12-26(28)27-6-1-2-7-33(27)52-25-8-9-25)30(40)17-23(29)5-3-4-16-42(34(46)10-11-35(47)48)20-31(44)36(49)37(50)32(45)21-43/h1-2,6-7,12,15,17-19,25,31-32,36-37,43-45,49-50H,3-5,8-11,13-14,16,20-22H2,(H,47,48)/t31-,32+,36+,37+/m1/s1. The number of ether oxygens (including phenoxy) is 2. The summed E-state index contributed by atoms with van der Waals surface area (Å²) in [5, 5.41) is 59.3. The summed E-state index contributed by atoms with van der Waals surface area (Å²) in [5.74, 6) is -0.869. The first-order chi connectivity index (χ1) is 24.9. The minimum Gasteiger partial charge on any atom is -0.490 e. The van der Waals surface area contributed by atoms with E-state index in [1.807, 2.05) is 30.5 Å². The molecule has 52 heavy (non-hydrogen) atoms. The summed E-state index contributed by atoms with van der Waals surface area (Å²) in [6.07, 6.45) is 1.38. The van der Waals surface area contributed by atoms with E-state index in [1.165, 1.54) is 4.90 Å². The number of carbonyl (C=O) groups is 2. The van der Waals surface area contributed by atoms with Gasteiger partial charge in [-0.05, 0) is 85.9 Å². The molecular weight excluding hydrogens is 715 g/mol. The second-order valence-electron chi connectivity index (χ2n) is 13.5. The number of para-hydroxylation sites is 1. The van der Waals surface area contributed by atoms with Gasteiger partial charge in [0.2, 0.25) is 5.91 Å². The molecule has 0 saturated heterocycles. The highest BCUT2D eigenvalue weighted by Crippen LogP contribution is 2.53. The van der Waals surface area contributed by atoms with Crippen LogP contribution in [0, 0.1) is 0 Å². The number of benzene rings is 2. The number of aromatic nitrogens is 1. The van der Waals surface area contributed by atoms with Crippen LogP contribution in [0.25, 0.3) is 11.1 Å². The first kappa shape index (κ1) is 39.9. The molecule has 282 valence electrons. The SMILES string of the molecule is O=C(O)CCC(=O)N(CCCCc1cc(Cl)c(COC2(c3cnccc3-c3ccccc3OC3CC3)CC2)cc1Cl)C[C@@H](O)[C@H](O)[C@@H](O)[C@@H](O)CO. The Morgan fingerprint density at radius 2 is 1.62 bits per heavy atom. The summed E-state index contributed by atoms with van der Waals surface area (Å²) >= 11 is 13.4. The number of halogens is 2. The average Bonchev–Trinajstić information content (AvgIpc) is 4.09. The third-order valence-electron chi connectivity index (χ3n) is 9.49. The van der Waals surface area contributed by atoms with Gasteiger partial charge < -0.3 is 45.0 Å². The van der Waals surface area contributed by atoms with Crippen molar-refractivity contribution in [3.63, 3.8) is 0 Å². The zero-order chi connectivity index (χ0) is 37.4. The van der Waals surface area contributed by atoms with Crippen molar-refractivity contribution in [2.24, 2.45) is 0 Å². The van der Waals surface area contributed by atoms with Gasteiger partial charge in [0.1, 0.15) is 30.2 Å². The summed E-state index contributed by atoms with van der Waals surface area (Å²) in [5.41, 5.74) is 4.04. The number of aryl methyl sites for hydroxylation is 1. The largest absolute Gasteiger partial charge is 0.490 e. The van der Waals surface area contributed by atoms with E-state index in [1.54, 1.807) is 18.3 Å². The molecule has 3 aromatic rings. The van der Waals surface area contributed by atoms with Crippen molar-refractivity contribution in [1.82, 2.24) is 9.88 Å². The molecule has 2 fully saturated rings. The van der Waals surface area contributed by atoms with Crippen LogP contribution in [0.4, 0.5) is 0 Å². The lowest BCUT2D eigenvalue weighted by atomic mass is 9.96. The number of carbonyl (C=O) groups excluding carboxylic acids is 1.